The number of hydrogen-bond acceptors (Lipinski definition) is 3. The number of Topliss-reactive ketones (excluding diaryl/α,β-unsaturated/α-hetero) is 1. The smallest absolute Gasteiger partial charge is 0.270 e. The Morgan fingerprint density at radius 1 is 1.47 bits per heavy atom. The van der Waals surface area contributed by atoms with Gasteiger partial charge in [-0.15, -0.1) is 0 Å². The summed E-state index contributed by atoms with van der Waals surface area (Å²) >= 11 is 0. The second kappa shape index (κ2) is 4.79. The van der Waals surface area contributed by atoms with Gasteiger partial charge in [-0.25, -0.2) is 8.78 Å². The Bertz CT molecular complexity index is 425. The van der Waals surface area contributed by atoms with Gasteiger partial charge in [0, 0.05) is 12.5 Å². The molecule has 0 heterocycles. The first-order valence-electron chi connectivity index (χ1n) is 5.13. The van der Waals surface area contributed by atoms with E-state index in [1.165, 1.54) is 26.2 Å². The van der Waals surface area contributed by atoms with Crippen molar-refractivity contribution < 1.29 is 18.3 Å². The largest absolute Gasteiger partial charge is 0.496 e. The van der Waals surface area contributed by atoms with E-state index in [0.29, 0.717) is 0 Å². The number of halogens is 2. The molecule has 1 unspecified atom stereocenters. The second-order valence-corrected chi connectivity index (χ2v) is 3.96. The second-order valence-electron chi connectivity index (χ2n) is 3.96. The highest BCUT2D eigenvalue weighted by Crippen LogP contribution is 2.31. The van der Waals surface area contributed by atoms with Gasteiger partial charge in [0.15, 0.2) is 5.78 Å². The predicted molar refractivity (Wildman–Crippen MR) is 60.5 cm³/mol. The van der Waals surface area contributed by atoms with Crippen LogP contribution in [-0.2, 0) is 5.92 Å². The van der Waals surface area contributed by atoms with Crippen LogP contribution in [0.5, 0.6) is 5.75 Å². The van der Waals surface area contributed by atoms with Crippen LogP contribution in [0.4, 0.5) is 8.78 Å². The molecule has 3 nitrogen and oxygen atoms in total. The molecule has 1 atom stereocenters. The lowest BCUT2D eigenvalue weighted by molar-refractivity contribution is 0.0174. The monoisotopic (exact) mass is 243 g/mol. The van der Waals surface area contributed by atoms with E-state index < -0.39 is 17.7 Å². The van der Waals surface area contributed by atoms with Gasteiger partial charge in [0.2, 0.25) is 0 Å². The molecule has 0 aromatic heterocycles. The lowest BCUT2D eigenvalue weighted by atomic mass is 10.00. The van der Waals surface area contributed by atoms with Crippen LogP contribution in [0.25, 0.3) is 0 Å². The summed E-state index contributed by atoms with van der Waals surface area (Å²) in [6.07, 6.45) is 0. The Kier molecular flexibility index (Phi) is 3.83. The van der Waals surface area contributed by atoms with Crippen molar-refractivity contribution >= 4 is 5.78 Å². The maximum Gasteiger partial charge on any atom is 0.270 e. The third-order valence-corrected chi connectivity index (χ3v) is 2.39. The van der Waals surface area contributed by atoms with Crippen molar-refractivity contribution in [2.75, 3.05) is 7.11 Å². The molecule has 1 rings (SSSR count). The molecule has 17 heavy (non-hydrogen) atoms. The molecule has 0 aliphatic heterocycles. The lowest BCUT2D eigenvalue weighted by Crippen LogP contribution is -2.27. The van der Waals surface area contributed by atoms with E-state index in [2.05, 4.69) is 0 Å². The number of methoxy groups -OCH3 is 1. The van der Waals surface area contributed by atoms with Crippen molar-refractivity contribution in [2.45, 2.75) is 25.8 Å². The topological polar surface area (TPSA) is 52.3 Å². The average molecular weight is 243 g/mol. The van der Waals surface area contributed by atoms with Crippen molar-refractivity contribution in [1.29, 1.82) is 0 Å². The van der Waals surface area contributed by atoms with Crippen molar-refractivity contribution in [3.63, 3.8) is 0 Å². The fourth-order valence-electron chi connectivity index (χ4n) is 1.42. The van der Waals surface area contributed by atoms with E-state index in [9.17, 15) is 13.6 Å². The van der Waals surface area contributed by atoms with Gasteiger partial charge in [0.1, 0.15) is 5.75 Å². The van der Waals surface area contributed by atoms with Crippen LogP contribution in [0.1, 0.15) is 29.8 Å². The summed E-state index contributed by atoms with van der Waals surface area (Å²) in [6.45, 7) is 2.27. The van der Waals surface area contributed by atoms with Gasteiger partial charge in [-0.3, -0.25) is 4.79 Å². The molecule has 2 N–H and O–H groups in total. The maximum atomic E-state index is 13.2. The number of alkyl halides is 2. The third-order valence-electron chi connectivity index (χ3n) is 2.39. The Hall–Kier alpha value is -1.49. The number of ketones is 1. The summed E-state index contributed by atoms with van der Waals surface area (Å²) in [7, 11) is 1.37. The number of carbonyl (C=O) groups is 1. The summed E-state index contributed by atoms with van der Waals surface area (Å²) in [4.78, 5) is 11.8. The van der Waals surface area contributed by atoms with Gasteiger partial charge < -0.3 is 10.5 Å². The highest BCUT2D eigenvalue weighted by atomic mass is 19.3. The zero-order chi connectivity index (χ0) is 13.2. The van der Waals surface area contributed by atoms with Crippen LogP contribution in [0.2, 0.25) is 0 Å². The van der Waals surface area contributed by atoms with E-state index in [1.807, 2.05) is 0 Å². The van der Waals surface area contributed by atoms with E-state index in [4.69, 9.17) is 10.5 Å². The van der Waals surface area contributed by atoms with Crippen LogP contribution in [-0.4, -0.2) is 18.9 Å². The fraction of sp³-hybridized carbons (Fsp3) is 0.417. The Morgan fingerprint density at radius 2 is 2.06 bits per heavy atom. The standard InChI is InChI=1S/C12H15F2NO2/c1-7(15)11(16)9-6-8(12(2,13)14)4-5-10(9)17-3/h4-7H,15H2,1-3H3. The number of carbonyl (C=O) groups excluding carboxylic acids is 1. The molecule has 1 aromatic rings. The minimum atomic E-state index is -3.00. The summed E-state index contributed by atoms with van der Waals surface area (Å²) in [5.74, 6) is -3.17. The SMILES string of the molecule is COc1ccc(C(C)(F)F)cc1C(=O)C(C)N. The summed E-state index contributed by atoms with van der Waals surface area (Å²) < 4.78 is 31.3. The van der Waals surface area contributed by atoms with Crippen LogP contribution >= 0.6 is 0 Å². The van der Waals surface area contributed by atoms with E-state index in [-0.39, 0.29) is 16.9 Å². The van der Waals surface area contributed by atoms with Crippen LogP contribution < -0.4 is 10.5 Å². The third kappa shape index (κ3) is 3.00. The summed E-state index contributed by atoms with van der Waals surface area (Å²) in [5.41, 5.74) is 5.31. The molecule has 1 aromatic carbocycles. The van der Waals surface area contributed by atoms with Crippen LogP contribution in [0.15, 0.2) is 18.2 Å². The van der Waals surface area contributed by atoms with E-state index in [1.54, 1.807) is 0 Å². The molecule has 0 aliphatic rings. The van der Waals surface area contributed by atoms with Gasteiger partial charge in [0.05, 0.1) is 18.7 Å². The van der Waals surface area contributed by atoms with Gasteiger partial charge in [-0.2, -0.15) is 0 Å². The first kappa shape index (κ1) is 13.6. The molecule has 0 saturated carbocycles. The molecule has 0 amide bonds. The number of nitrogens with two attached hydrogens (primary N) is 1. The zero-order valence-corrected chi connectivity index (χ0v) is 9.96. The minimum Gasteiger partial charge on any atom is -0.496 e. The Labute approximate surface area is 98.6 Å². The normalized spacial score (nSPS) is 13.3. The molecule has 0 aliphatic carbocycles. The summed E-state index contributed by atoms with van der Waals surface area (Å²) in [6, 6.07) is 2.95. The molecule has 94 valence electrons. The highest BCUT2D eigenvalue weighted by molar-refractivity contribution is 6.02. The van der Waals surface area contributed by atoms with Gasteiger partial charge in [-0.05, 0) is 25.1 Å². The molecule has 0 bridgehead atoms. The van der Waals surface area contributed by atoms with Crippen molar-refractivity contribution in [3.05, 3.63) is 29.3 Å². The summed E-state index contributed by atoms with van der Waals surface area (Å²) in [5, 5.41) is 0. The maximum absolute atomic E-state index is 13.2. The average Bonchev–Trinajstić information content (AvgIpc) is 2.25. The van der Waals surface area contributed by atoms with Gasteiger partial charge in [0.25, 0.3) is 5.92 Å². The van der Waals surface area contributed by atoms with E-state index in [0.717, 1.165) is 13.0 Å². The van der Waals surface area contributed by atoms with Crippen molar-refractivity contribution in [3.8, 4) is 5.75 Å². The van der Waals surface area contributed by atoms with Gasteiger partial charge >= 0.3 is 0 Å². The molecule has 0 fully saturated rings. The van der Waals surface area contributed by atoms with Crippen LogP contribution in [0.3, 0.4) is 0 Å². The van der Waals surface area contributed by atoms with Crippen molar-refractivity contribution in [1.82, 2.24) is 0 Å². The molecular formula is C12H15F2NO2. The van der Waals surface area contributed by atoms with Crippen molar-refractivity contribution in [2.24, 2.45) is 5.73 Å². The van der Waals surface area contributed by atoms with Gasteiger partial charge in [-0.1, -0.05) is 0 Å². The molecular weight excluding hydrogens is 228 g/mol. The Morgan fingerprint density at radius 3 is 2.47 bits per heavy atom. The number of ether oxygens (including phenoxy) is 1. The highest BCUT2D eigenvalue weighted by Gasteiger charge is 2.27. The number of benzene rings is 1. The lowest BCUT2D eigenvalue weighted by Gasteiger charge is -2.15. The first-order valence-corrected chi connectivity index (χ1v) is 5.13. The molecule has 0 saturated heterocycles. The zero-order valence-electron chi connectivity index (χ0n) is 9.96. The quantitative estimate of drug-likeness (QED) is 0.826. The first-order chi connectivity index (χ1) is 7.77. The predicted octanol–water partition coefficient (Wildman–Crippen LogP) is 2.34. The number of hydrogen-bond donors (Lipinski definition) is 1. The molecule has 0 spiro atoms. The molecule has 0 radical (unpaired) electrons. The molecule has 5 heteroatoms. The fourth-order valence-corrected chi connectivity index (χ4v) is 1.42. The Balaban J connectivity index is 3.30. The minimum absolute atomic E-state index is 0.0847. The van der Waals surface area contributed by atoms with E-state index >= 15 is 0 Å². The van der Waals surface area contributed by atoms with Crippen LogP contribution in [0, 0.1) is 0 Å². The number of rotatable bonds is 4.